The minimum Gasteiger partial charge on any atom is -0.494 e. The summed E-state index contributed by atoms with van der Waals surface area (Å²) in [5.41, 5.74) is 3.23. The van der Waals surface area contributed by atoms with Crippen LogP contribution in [0.4, 0.5) is 15.8 Å². The van der Waals surface area contributed by atoms with E-state index in [0.717, 1.165) is 42.2 Å². The van der Waals surface area contributed by atoms with E-state index in [-0.39, 0.29) is 5.91 Å². The third-order valence-electron chi connectivity index (χ3n) is 5.05. The molecule has 0 bridgehead atoms. The quantitative estimate of drug-likeness (QED) is 0.564. The smallest absolute Gasteiger partial charge is 0.257 e. The van der Waals surface area contributed by atoms with Crippen molar-refractivity contribution >= 4 is 22.9 Å². The molecule has 2 heterocycles. The molecule has 6 heteroatoms. The highest BCUT2D eigenvalue weighted by molar-refractivity contribution is 6.31. The lowest BCUT2D eigenvalue weighted by molar-refractivity contribution is -0.110. The Morgan fingerprint density at radius 2 is 2.04 bits per heavy atom. The van der Waals surface area contributed by atoms with Gasteiger partial charge in [0.2, 0.25) is 0 Å². The standard InChI is InChI=1S/C22H24FN3O2/c23-16-10-12-26(15-16)11-3-13-28-18-8-6-17(7-9-18)24-14-20-19-4-1-2-5-21(19)25-22(20)27/h1-2,4-9,14,16,24H,3,10-13,15H2,(H,25,27)/b20-14+. The number of likely N-dealkylation sites (tertiary alicyclic amines) is 1. The average molecular weight is 381 g/mol. The Balaban J connectivity index is 1.26. The molecule has 146 valence electrons. The Hall–Kier alpha value is -2.86. The van der Waals surface area contributed by atoms with Crippen LogP contribution in [-0.2, 0) is 4.79 Å². The molecule has 0 aromatic heterocycles. The predicted molar refractivity (Wildman–Crippen MR) is 109 cm³/mol. The Labute approximate surface area is 164 Å². The largest absolute Gasteiger partial charge is 0.494 e. The topological polar surface area (TPSA) is 53.6 Å². The number of rotatable bonds is 7. The number of carbonyl (C=O) groups is 1. The van der Waals surface area contributed by atoms with Crippen LogP contribution in [0, 0.1) is 0 Å². The van der Waals surface area contributed by atoms with Gasteiger partial charge in [-0.25, -0.2) is 4.39 Å². The summed E-state index contributed by atoms with van der Waals surface area (Å²) in [5, 5.41) is 6.03. The summed E-state index contributed by atoms with van der Waals surface area (Å²) < 4.78 is 18.9. The molecule has 2 aliphatic heterocycles. The van der Waals surface area contributed by atoms with Gasteiger partial charge in [0.1, 0.15) is 11.9 Å². The van der Waals surface area contributed by atoms with Crippen molar-refractivity contribution in [1.82, 2.24) is 4.90 Å². The molecule has 1 atom stereocenters. The number of fused-ring (bicyclic) bond motifs is 1. The van der Waals surface area contributed by atoms with Crippen LogP contribution in [0.2, 0.25) is 0 Å². The van der Waals surface area contributed by atoms with E-state index in [4.69, 9.17) is 4.74 Å². The number of ether oxygens (including phenoxy) is 1. The number of nitrogens with one attached hydrogen (secondary N) is 2. The van der Waals surface area contributed by atoms with Gasteiger partial charge in [0.15, 0.2) is 0 Å². The van der Waals surface area contributed by atoms with Gasteiger partial charge in [0.25, 0.3) is 5.91 Å². The summed E-state index contributed by atoms with van der Waals surface area (Å²) in [6.45, 7) is 2.89. The first kappa shape index (κ1) is 18.5. The third kappa shape index (κ3) is 4.34. The van der Waals surface area contributed by atoms with Crippen molar-refractivity contribution < 1.29 is 13.9 Å². The number of nitrogens with zero attached hydrogens (tertiary/aromatic N) is 1. The maximum atomic E-state index is 13.1. The molecule has 0 spiro atoms. The van der Waals surface area contributed by atoms with Gasteiger partial charge in [0.05, 0.1) is 12.2 Å². The highest BCUT2D eigenvalue weighted by Crippen LogP contribution is 2.31. The number of amides is 1. The first-order chi connectivity index (χ1) is 13.7. The molecule has 1 unspecified atom stereocenters. The molecule has 2 aromatic carbocycles. The van der Waals surface area contributed by atoms with Gasteiger partial charge in [-0.1, -0.05) is 18.2 Å². The van der Waals surface area contributed by atoms with Crippen LogP contribution in [0.1, 0.15) is 18.4 Å². The van der Waals surface area contributed by atoms with Gasteiger partial charge in [-0.2, -0.15) is 0 Å². The first-order valence-corrected chi connectivity index (χ1v) is 9.66. The van der Waals surface area contributed by atoms with Crippen LogP contribution in [0.5, 0.6) is 5.75 Å². The van der Waals surface area contributed by atoms with E-state index >= 15 is 0 Å². The van der Waals surface area contributed by atoms with E-state index in [0.29, 0.717) is 25.1 Å². The third-order valence-corrected chi connectivity index (χ3v) is 5.05. The zero-order chi connectivity index (χ0) is 19.3. The van der Waals surface area contributed by atoms with E-state index in [1.54, 1.807) is 6.20 Å². The van der Waals surface area contributed by atoms with Crippen molar-refractivity contribution in [3.63, 3.8) is 0 Å². The Morgan fingerprint density at radius 1 is 1.21 bits per heavy atom. The number of benzene rings is 2. The summed E-state index contributed by atoms with van der Waals surface area (Å²) in [6, 6.07) is 15.3. The predicted octanol–water partition coefficient (Wildman–Crippen LogP) is 3.90. The Morgan fingerprint density at radius 3 is 2.82 bits per heavy atom. The van der Waals surface area contributed by atoms with E-state index in [1.807, 2.05) is 48.5 Å². The van der Waals surface area contributed by atoms with Crippen LogP contribution < -0.4 is 15.4 Å². The molecular weight excluding hydrogens is 357 g/mol. The molecule has 1 fully saturated rings. The zero-order valence-electron chi connectivity index (χ0n) is 15.7. The second-order valence-corrected chi connectivity index (χ2v) is 7.12. The van der Waals surface area contributed by atoms with Gasteiger partial charge in [-0.3, -0.25) is 4.79 Å². The summed E-state index contributed by atoms with van der Waals surface area (Å²) in [4.78, 5) is 14.2. The molecule has 2 aliphatic rings. The summed E-state index contributed by atoms with van der Waals surface area (Å²) >= 11 is 0. The number of alkyl halides is 1. The van der Waals surface area contributed by atoms with E-state index in [2.05, 4.69) is 15.5 Å². The van der Waals surface area contributed by atoms with Gasteiger partial charge in [-0.05, 0) is 43.2 Å². The van der Waals surface area contributed by atoms with E-state index in [9.17, 15) is 9.18 Å². The van der Waals surface area contributed by atoms with Crippen LogP contribution in [0.25, 0.3) is 5.57 Å². The zero-order valence-corrected chi connectivity index (χ0v) is 15.7. The molecule has 0 saturated carbocycles. The van der Waals surface area contributed by atoms with Crippen LogP contribution >= 0.6 is 0 Å². The lowest BCUT2D eigenvalue weighted by Gasteiger charge is -2.14. The number of anilines is 2. The second kappa shape index (κ2) is 8.44. The SMILES string of the molecule is O=C1Nc2ccccc2/C1=C\Nc1ccc(OCCCN2CCC(F)C2)cc1. The van der Waals surface area contributed by atoms with Crippen LogP contribution in [0.3, 0.4) is 0 Å². The maximum Gasteiger partial charge on any atom is 0.257 e. The monoisotopic (exact) mass is 381 g/mol. The Kier molecular flexibility index (Phi) is 5.58. The fourth-order valence-corrected chi connectivity index (χ4v) is 3.55. The lowest BCUT2D eigenvalue weighted by Crippen LogP contribution is -2.23. The number of carbonyl (C=O) groups excluding carboxylic acids is 1. The van der Waals surface area contributed by atoms with Crippen molar-refractivity contribution in [2.75, 3.05) is 36.9 Å². The van der Waals surface area contributed by atoms with Gasteiger partial charge < -0.3 is 20.3 Å². The molecular formula is C22H24FN3O2. The Bertz CT molecular complexity index is 866. The fourth-order valence-electron chi connectivity index (χ4n) is 3.55. The van der Waals surface area contributed by atoms with E-state index < -0.39 is 6.17 Å². The van der Waals surface area contributed by atoms with Crippen molar-refractivity contribution in [3.05, 3.63) is 60.3 Å². The molecule has 1 amide bonds. The second-order valence-electron chi connectivity index (χ2n) is 7.12. The highest BCUT2D eigenvalue weighted by Gasteiger charge is 2.23. The van der Waals surface area contributed by atoms with Gasteiger partial charge in [0, 0.05) is 42.8 Å². The molecule has 2 N–H and O–H groups in total. The molecule has 4 rings (SSSR count). The molecule has 0 radical (unpaired) electrons. The average Bonchev–Trinajstić information content (AvgIpc) is 3.26. The summed E-state index contributed by atoms with van der Waals surface area (Å²) in [7, 11) is 0. The minimum atomic E-state index is -0.667. The number of hydrogen-bond donors (Lipinski definition) is 2. The van der Waals surface area contributed by atoms with Crippen molar-refractivity contribution in [2.45, 2.75) is 19.0 Å². The van der Waals surface area contributed by atoms with Gasteiger partial charge >= 0.3 is 0 Å². The molecule has 0 aliphatic carbocycles. The van der Waals surface area contributed by atoms with Gasteiger partial charge in [-0.15, -0.1) is 0 Å². The summed E-state index contributed by atoms with van der Waals surface area (Å²) in [6.07, 6.45) is 2.59. The molecule has 28 heavy (non-hydrogen) atoms. The first-order valence-electron chi connectivity index (χ1n) is 9.66. The molecule has 2 aromatic rings. The van der Waals surface area contributed by atoms with E-state index in [1.165, 1.54) is 0 Å². The molecule has 1 saturated heterocycles. The maximum absolute atomic E-state index is 13.1. The number of para-hydroxylation sites is 1. The fraction of sp³-hybridized carbons (Fsp3) is 0.318. The lowest BCUT2D eigenvalue weighted by atomic mass is 10.1. The number of hydrogen-bond acceptors (Lipinski definition) is 4. The van der Waals surface area contributed by atoms with Crippen molar-refractivity contribution in [1.29, 1.82) is 0 Å². The van der Waals surface area contributed by atoms with Crippen molar-refractivity contribution in [2.24, 2.45) is 0 Å². The normalized spacial score (nSPS) is 20.2. The highest BCUT2D eigenvalue weighted by atomic mass is 19.1. The van der Waals surface area contributed by atoms with Crippen LogP contribution in [-0.4, -0.2) is 43.2 Å². The van der Waals surface area contributed by atoms with Crippen LogP contribution in [0.15, 0.2) is 54.7 Å². The van der Waals surface area contributed by atoms with Crippen molar-refractivity contribution in [3.8, 4) is 5.75 Å². The summed E-state index contributed by atoms with van der Waals surface area (Å²) in [5.74, 6) is 0.692. The molecule has 5 nitrogen and oxygen atoms in total. The minimum absolute atomic E-state index is 0.106. The number of halogens is 1.